The summed E-state index contributed by atoms with van der Waals surface area (Å²) in [5, 5.41) is 1.00. The predicted molar refractivity (Wildman–Crippen MR) is 93.0 cm³/mol. The summed E-state index contributed by atoms with van der Waals surface area (Å²) in [6.07, 6.45) is 2.84. The molecule has 1 atom stereocenters. The molecule has 2 heterocycles. The van der Waals surface area contributed by atoms with Crippen molar-refractivity contribution in [3.63, 3.8) is 0 Å². The van der Waals surface area contributed by atoms with Crippen LogP contribution >= 0.6 is 27.7 Å². The zero-order valence-electron chi connectivity index (χ0n) is 12.7. The second-order valence-electron chi connectivity index (χ2n) is 6.14. The van der Waals surface area contributed by atoms with Crippen molar-refractivity contribution in [2.75, 3.05) is 13.3 Å². The number of hydrogen-bond donors (Lipinski definition) is 0. The van der Waals surface area contributed by atoms with Gasteiger partial charge in [0.25, 0.3) is 0 Å². The summed E-state index contributed by atoms with van der Waals surface area (Å²) in [6, 6.07) is 6.13. The van der Waals surface area contributed by atoms with Crippen molar-refractivity contribution in [1.82, 2.24) is 4.90 Å². The van der Waals surface area contributed by atoms with Crippen molar-refractivity contribution < 1.29 is 4.74 Å². The maximum absolute atomic E-state index is 6.16. The van der Waals surface area contributed by atoms with E-state index >= 15 is 0 Å². The van der Waals surface area contributed by atoms with Crippen molar-refractivity contribution in [3.8, 4) is 5.75 Å². The lowest BCUT2D eigenvalue weighted by molar-refractivity contribution is 0.0541. The van der Waals surface area contributed by atoms with Gasteiger partial charge < -0.3 is 9.64 Å². The lowest BCUT2D eigenvalue weighted by Crippen LogP contribution is -2.44. The number of nitrogens with zero attached hydrogens (tertiary/aromatic N) is 2. The van der Waals surface area contributed by atoms with E-state index in [4.69, 9.17) is 9.73 Å². The first kappa shape index (κ1) is 15.0. The van der Waals surface area contributed by atoms with Crippen molar-refractivity contribution in [3.05, 3.63) is 40.5 Å². The van der Waals surface area contributed by atoms with E-state index in [9.17, 15) is 0 Å². The third-order valence-electron chi connectivity index (χ3n) is 4.09. The summed E-state index contributed by atoms with van der Waals surface area (Å²) in [6.45, 7) is 8.55. The predicted octanol–water partition coefficient (Wildman–Crippen LogP) is 4.38. The molecule has 0 fully saturated rings. The summed E-state index contributed by atoms with van der Waals surface area (Å²) in [5.74, 6) is 0.898. The average molecular weight is 367 g/mol. The van der Waals surface area contributed by atoms with Gasteiger partial charge in [0.1, 0.15) is 16.9 Å². The van der Waals surface area contributed by atoms with Crippen molar-refractivity contribution >= 4 is 32.9 Å². The normalized spacial score (nSPS) is 26.6. The van der Waals surface area contributed by atoms with Gasteiger partial charge in [-0.15, -0.1) is 0 Å². The minimum atomic E-state index is -0.423. The van der Waals surface area contributed by atoms with Gasteiger partial charge in [-0.3, -0.25) is 0 Å². The van der Waals surface area contributed by atoms with E-state index in [0.29, 0.717) is 0 Å². The number of thioether (sulfide) groups is 1. The molecule has 3 nitrogen and oxygen atoms in total. The zero-order chi connectivity index (χ0) is 15.4. The monoisotopic (exact) mass is 366 g/mol. The van der Waals surface area contributed by atoms with Gasteiger partial charge in [-0.05, 0) is 38.3 Å². The smallest absolute Gasteiger partial charge is 0.164 e. The molecule has 112 valence electrons. The Morgan fingerprint density at radius 1 is 1.43 bits per heavy atom. The lowest BCUT2D eigenvalue weighted by Gasteiger charge is -2.43. The number of aliphatic imine (C=N–C) groups is 1. The molecule has 0 aliphatic carbocycles. The van der Waals surface area contributed by atoms with E-state index in [2.05, 4.69) is 47.3 Å². The Morgan fingerprint density at radius 2 is 2.14 bits per heavy atom. The number of likely N-dealkylation sites (N-methyl/N-ethyl adjacent to an activating group) is 1. The Balaban J connectivity index is 2.26. The second kappa shape index (κ2) is 4.78. The summed E-state index contributed by atoms with van der Waals surface area (Å²) in [4.78, 5) is 7.14. The van der Waals surface area contributed by atoms with Gasteiger partial charge in [-0.25, -0.2) is 4.99 Å². The molecule has 21 heavy (non-hydrogen) atoms. The van der Waals surface area contributed by atoms with Crippen LogP contribution in [-0.4, -0.2) is 29.0 Å². The molecule has 1 spiro atoms. The largest absolute Gasteiger partial charge is 0.487 e. The molecule has 0 bridgehead atoms. The van der Waals surface area contributed by atoms with E-state index in [1.54, 1.807) is 11.8 Å². The van der Waals surface area contributed by atoms with Crippen LogP contribution in [0.3, 0.4) is 0 Å². The van der Waals surface area contributed by atoms with Gasteiger partial charge in [-0.2, -0.15) is 0 Å². The highest BCUT2D eigenvalue weighted by Gasteiger charge is 2.52. The van der Waals surface area contributed by atoms with Gasteiger partial charge in [-0.1, -0.05) is 34.3 Å². The van der Waals surface area contributed by atoms with Crippen molar-refractivity contribution in [1.29, 1.82) is 0 Å². The highest BCUT2D eigenvalue weighted by molar-refractivity contribution is 9.10. The first-order valence-electron chi connectivity index (χ1n) is 6.85. The van der Waals surface area contributed by atoms with E-state index < -0.39 is 5.54 Å². The van der Waals surface area contributed by atoms with E-state index in [0.717, 1.165) is 33.1 Å². The fourth-order valence-electron chi connectivity index (χ4n) is 3.19. The number of benzene rings is 1. The maximum Gasteiger partial charge on any atom is 0.164 e. The summed E-state index contributed by atoms with van der Waals surface area (Å²) < 4.78 is 7.19. The molecule has 0 radical (unpaired) electrons. The molecule has 1 unspecified atom stereocenters. The third kappa shape index (κ3) is 2.21. The second-order valence-corrected chi connectivity index (χ2v) is 7.83. The molecule has 2 aliphatic rings. The molecular weight excluding hydrogens is 348 g/mol. The Labute approximate surface area is 138 Å². The molecule has 0 amide bonds. The number of halogens is 1. The fourth-order valence-corrected chi connectivity index (χ4v) is 4.19. The molecule has 0 aromatic heterocycles. The van der Waals surface area contributed by atoms with Crippen molar-refractivity contribution in [2.24, 2.45) is 4.99 Å². The molecule has 0 N–H and O–H groups in total. The fraction of sp³-hybridized carbons (Fsp3) is 0.438. The quantitative estimate of drug-likeness (QED) is 0.680. The first-order chi connectivity index (χ1) is 9.79. The number of hydrogen-bond acceptors (Lipinski definition) is 4. The van der Waals surface area contributed by atoms with Gasteiger partial charge in [0, 0.05) is 29.2 Å². The Bertz CT molecular complexity index is 656. The Hall–Kier alpha value is -0.940. The molecule has 2 aliphatic heterocycles. The van der Waals surface area contributed by atoms with Crippen LogP contribution in [0, 0.1) is 0 Å². The molecule has 1 aromatic rings. The maximum atomic E-state index is 6.16. The minimum Gasteiger partial charge on any atom is -0.487 e. The average Bonchev–Trinajstić information content (AvgIpc) is 2.64. The number of amidine groups is 1. The van der Waals surface area contributed by atoms with E-state index in [-0.39, 0.29) is 5.60 Å². The van der Waals surface area contributed by atoms with Gasteiger partial charge >= 0.3 is 0 Å². The van der Waals surface area contributed by atoms with Gasteiger partial charge in [0.05, 0.1) is 0 Å². The minimum absolute atomic E-state index is 0.276. The van der Waals surface area contributed by atoms with Gasteiger partial charge in [0.2, 0.25) is 0 Å². The van der Waals surface area contributed by atoms with E-state index in [1.165, 1.54) is 0 Å². The topological polar surface area (TPSA) is 24.8 Å². The van der Waals surface area contributed by atoms with Crippen LogP contribution in [-0.2, 0) is 5.54 Å². The molecule has 0 saturated carbocycles. The van der Waals surface area contributed by atoms with Crippen LogP contribution in [0.2, 0.25) is 0 Å². The SMILES string of the molecule is C=C1N(C)C(SC)=NC12CC(C)(C)Oc1ccc(Br)cc12. The number of rotatable bonds is 0. The Morgan fingerprint density at radius 3 is 2.76 bits per heavy atom. The zero-order valence-corrected chi connectivity index (χ0v) is 15.1. The molecule has 3 rings (SSSR count). The third-order valence-corrected chi connectivity index (χ3v) is 5.32. The highest BCUT2D eigenvalue weighted by Crippen LogP contribution is 2.53. The Kier molecular flexibility index (Phi) is 3.41. The summed E-state index contributed by atoms with van der Waals surface area (Å²) in [7, 11) is 2.03. The summed E-state index contributed by atoms with van der Waals surface area (Å²) in [5.41, 5.74) is 1.41. The number of fused-ring (bicyclic) bond motifs is 2. The molecular formula is C16H19BrN2OS. The van der Waals surface area contributed by atoms with Crippen LogP contribution in [0.25, 0.3) is 0 Å². The van der Waals surface area contributed by atoms with Crippen LogP contribution in [0.15, 0.2) is 39.9 Å². The van der Waals surface area contributed by atoms with Gasteiger partial charge in [0.15, 0.2) is 5.17 Å². The van der Waals surface area contributed by atoms with E-state index in [1.807, 2.05) is 25.4 Å². The standard InChI is InChI=1S/C16H19BrN2OS/c1-10-16(18-14(21-5)19(10)4)9-15(2,3)20-13-7-6-11(17)8-12(13)16/h6-8H,1,9H2,2-5H3. The lowest BCUT2D eigenvalue weighted by atomic mass is 9.76. The summed E-state index contributed by atoms with van der Waals surface area (Å²) >= 11 is 5.22. The molecule has 0 saturated heterocycles. The number of ether oxygens (including phenoxy) is 1. The molecule has 1 aromatic carbocycles. The molecule has 5 heteroatoms. The van der Waals surface area contributed by atoms with Crippen molar-refractivity contribution in [2.45, 2.75) is 31.4 Å². The van der Waals surface area contributed by atoms with Crippen LogP contribution in [0.5, 0.6) is 5.75 Å². The highest BCUT2D eigenvalue weighted by atomic mass is 79.9. The first-order valence-corrected chi connectivity index (χ1v) is 8.87. The van der Waals surface area contributed by atoms with Crippen LogP contribution in [0.1, 0.15) is 25.8 Å². The van der Waals surface area contributed by atoms with Crippen LogP contribution < -0.4 is 4.74 Å². The van der Waals surface area contributed by atoms with Crippen LogP contribution in [0.4, 0.5) is 0 Å².